The summed E-state index contributed by atoms with van der Waals surface area (Å²) in [5, 5.41) is 0. The predicted molar refractivity (Wildman–Crippen MR) is 69.4 cm³/mol. The standard InChI is InChI=1S/C14H17F3N2O/c15-14(16,17)9-19-7-5-10(6-8-19)11-3-1-2-4-12(11)13(18)20/h1-4,10H,5-9H2,(H2,18,20). The first-order chi connectivity index (χ1) is 9.37. The number of nitrogens with zero attached hydrogens (tertiary/aromatic N) is 1. The molecule has 0 unspecified atom stereocenters. The summed E-state index contributed by atoms with van der Waals surface area (Å²) < 4.78 is 37.0. The molecule has 0 aromatic heterocycles. The molecule has 110 valence electrons. The summed E-state index contributed by atoms with van der Waals surface area (Å²) in [6.45, 7) is -0.0915. The first-order valence-corrected chi connectivity index (χ1v) is 6.54. The molecule has 0 bridgehead atoms. The van der Waals surface area contributed by atoms with Gasteiger partial charge in [0.2, 0.25) is 5.91 Å². The van der Waals surface area contributed by atoms with Crippen LogP contribution in [0.3, 0.4) is 0 Å². The number of benzene rings is 1. The number of hydrogen-bond acceptors (Lipinski definition) is 2. The van der Waals surface area contributed by atoms with Gasteiger partial charge in [-0.25, -0.2) is 0 Å². The van der Waals surface area contributed by atoms with E-state index in [2.05, 4.69) is 0 Å². The molecule has 1 aromatic carbocycles. The second kappa shape index (κ2) is 5.83. The Morgan fingerprint density at radius 2 is 1.85 bits per heavy atom. The average molecular weight is 286 g/mol. The third-order valence-electron chi connectivity index (χ3n) is 3.66. The molecule has 0 spiro atoms. The highest BCUT2D eigenvalue weighted by Crippen LogP contribution is 2.31. The molecule has 0 aliphatic carbocycles. The van der Waals surface area contributed by atoms with Crippen molar-refractivity contribution in [2.24, 2.45) is 5.73 Å². The molecule has 3 nitrogen and oxygen atoms in total. The summed E-state index contributed by atoms with van der Waals surface area (Å²) in [6, 6.07) is 7.07. The molecule has 1 saturated heterocycles. The summed E-state index contributed by atoms with van der Waals surface area (Å²) in [4.78, 5) is 12.8. The van der Waals surface area contributed by atoms with Crippen molar-refractivity contribution < 1.29 is 18.0 Å². The first-order valence-electron chi connectivity index (χ1n) is 6.54. The van der Waals surface area contributed by atoms with E-state index in [1.54, 1.807) is 12.1 Å². The number of carbonyl (C=O) groups excluding carboxylic acids is 1. The molecule has 1 heterocycles. The Balaban J connectivity index is 2.03. The van der Waals surface area contributed by atoms with Gasteiger partial charge >= 0.3 is 6.18 Å². The number of likely N-dealkylation sites (tertiary alicyclic amines) is 1. The van der Waals surface area contributed by atoms with Crippen LogP contribution in [-0.2, 0) is 0 Å². The fraction of sp³-hybridized carbons (Fsp3) is 0.500. The number of carbonyl (C=O) groups is 1. The summed E-state index contributed by atoms with van der Waals surface area (Å²) in [7, 11) is 0. The van der Waals surface area contributed by atoms with E-state index in [-0.39, 0.29) is 5.92 Å². The molecule has 0 atom stereocenters. The van der Waals surface area contributed by atoms with Gasteiger partial charge in [0.15, 0.2) is 0 Å². The Morgan fingerprint density at radius 1 is 1.25 bits per heavy atom. The average Bonchev–Trinajstić information content (AvgIpc) is 2.38. The van der Waals surface area contributed by atoms with Crippen LogP contribution < -0.4 is 5.73 Å². The SMILES string of the molecule is NC(=O)c1ccccc1C1CCN(CC(F)(F)F)CC1. The zero-order chi connectivity index (χ0) is 14.8. The number of rotatable bonds is 3. The van der Waals surface area contributed by atoms with Gasteiger partial charge in [0.1, 0.15) is 0 Å². The molecule has 1 aliphatic heterocycles. The van der Waals surface area contributed by atoms with Crippen molar-refractivity contribution in [1.82, 2.24) is 4.90 Å². The number of halogens is 3. The van der Waals surface area contributed by atoms with Crippen LogP contribution in [0.4, 0.5) is 13.2 Å². The van der Waals surface area contributed by atoms with E-state index in [9.17, 15) is 18.0 Å². The van der Waals surface area contributed by atoms with Crippen LogP contribution in [0, 0.1) is 0 Å². The quantitative estimate of drug-likeness (QED) is 0.928. The second-order valence-corrected chi connectivity index (χ2v) is 5.12. The number of primary amides is 1. The molecular weight excluding hydrogens is 269 g/mol. The molecule has 6 heteroatoms. The topological polar surface area (TPSA) is 46.3 Å². The van der Waals surface area contributed by atoms with Crippen molar-refractivity contribution in [1.29, 1.82) is 0 Å². The fourth-order valence-electron chi connectivity index (χ4n) is 2.73. The normalized spacial score (nSPS) is 18.1. The molecule has 2 N–H and O–H groups in total. The number of alkyl halides is 3. The monoisotopic (exact) mass is 286 g/mol. The van der Waals surface area contributed by atoms with E-state index < -0.39 is 18.6 Å². The maximum atomic E-state index is 12.3. The molecule has 1 aromatic rings. The van der Waals surface area contributed by atoms with E-state index >= 15 is 0 Å². The summed E-state index contributed by atoms with van der Waals surface area (Å²) in [5.41, 5.74) is 6.66. The van der Waals surface area contributed by atoms with Gasteiger partial charge in [0.25, 0.3) is 0 Å². The lowest BCUT2D eigenvalue weighted by atomic mass is 9.86. The molecular formula is C14H17F3N2O. The number of piperidine rings is 1. The van der Waals surface area contributed by atoms with Crippen LogP contribution in [0.1, 0.15) is 34.7 Å². The fourth-order valence-corrected chi connectivity index (χ4v) is 2.73. The Kier molecular flexibility index (Phi) is 4.32. The maximum absolute atomic E-state index is 12.3. The van der Waals surface area contributed by atoms with Crippen LogP contribution in [0.2, 0.25) is 0 Å². The van der Waals surface area contributed by atoms with Crippen molar-refractivity contribution in [3.63, 3.8) is 0 Å². The summed E-state index contributed by atoms with van der Waals surface area (Å²) >= 11 is 0. The van der Waals surface area contributed by atoms with Crippen LogP contribution >= 0.6 is 0 Å². The zero-order valence-electron chi connectivity index (χ0n) is 11.0. The molecule has 20 heavy (non-hydrogen) atoms. The highest BCUT2D eigenvalue weighted by molar-refractivity contribution is 5.94. The van der Waals surface area contributed by atoms with Crippen molar-refractivity contribution in [2.75, 3.05) is 19.6 Å². The van der Waals surface area contributed by atoms with Crippen LogP contribution in [0.15, 0.2) is 24.3 Å². The minimum absolute atomic E-state index is 0.100. The predicted octanol–water partition coefficient (Wildman–Crippen LogP) is 2.53. The Labute approximate surface area is 115 Å². The molecule has 0 saturated carbocycles. The summed E-state index contributed by atoms with van der Waals surface area (Å²) in [5.74, 6) is -0.387. The highest BCUT2D eigenvalue weighted by Gasteiger charge is 2.33. The zero-order valence-corrected chi connectivity index (χ0v) is 11.0. The lowest BCUT2D eigenvalue weighted by Crippen LogP contribution is -2.39. The Bertz CT molecular complexity index is 480. The molecule has 1 fully saturated rings. The third-order valence-corrected chi connectivity index (χ3v) is 3.66. The van der Waals surface area contributed by atoms with Gasteiger partial charge in [-0.15, -0.1) is 0 Å². The third kappa shape index (κ3) is 3.72. The van der Waals surface area contributed by atoms with Crippen molar-refractivity contribution in [3.8, 4) is 0 Å². The van der Waals surface area contributed by atoms with E-state index in [1.165, 1.54) is 4.90 Å². The highest BCUT2D eigenvalue weighted by atomic mass is 19.4. The Hall–Kier alpha value is -1.56. The summed E-state index contributed by atoms with van der Waals surface area (Å²) in [6.07, 6.45) is -2.93. The van der Waals surface area contributed by atoms with Gasteiger partial charge in [0.05, 0.1) is 6.54 Å². The van der Waals surface area contributed by atoms with Gasteiger partial charge in [-0.05, 0) is 43.5 Å². The van der Waals surface area contributed by atoms with Gasteiger partial charge in [0, 0.05) is 5.56 Å². The number of hydrogen-bond donors (Lipinski definition) is 1. The van der Waals surface area contributed by atoms with Gasteiger partial charge in [-0.3, -0.25) is 9.69 Å². The molecule has 1 amide bonds. The minimum Gasteiger partial charge on any atom is -0.366 e. The van der Waals surface area contributed by atoms with Gasteiger partial charge in [-0.1, -0.05) is 18.2 Å². The van der Waals surface area contributed by atoms with E-state index in [0.717, 1.165) is 5.56 Å². The molecule has 0 radical (unpaired) electrons. The smallest absolute Gasteiger partial charge is 0.366 e. The van der Waals surface area contributed by atoms with Crippen molar-refractivity contribution in [3.05, 3.63) is 35.4 Å². The Morgan fingerprint density at radius 3 is 2.40 bits per heavy atom. The largest absolute Gasteiger partial charge is 0.401 e. The molecule has 1 aliphatic rings. The lowest BCUT2D eigenvalue weighted by Gasteiger charge is -2.33. The van der Waals surface area contributed by atoms with Crippen LogP contribution in [-0.4, -0.2) is 36.6 Å². The van der Waals surface area contributed by atoms with Gasteiger partial charge in [-0.2, -0.15) is 13.2 Å². The van der Waals surface area contributed by atoms with Crippen LogP contribution in [0.5, 0.6) is 0 Å². The second-order valence-electron chi connectivity index (χ2n) is 5.12. The van der Waals surface area contributed by atoms with E-state index in [4.69, 9.17) is 5.73 Å². The molecule has 2 rings (SSSR count). The van der Waals surface area contributed by atoms with Crippen molar-refractivity contribution >= 4 is 5.91 Å². The lowest BCUT2D eigenvalue weighted by molar-refractivity contribution is -0.147. The first kappa shape index (κ1) is 14.8. The number of nitrogens with two attached hydrogens (primary N) is 1. The maximum Gasteiger partial charge on any atom is 0.401 e. The van der Waals surface area contributed by atoms with E-state index in [0.29, 0.717) is 31.5 Å². The van der Waals surface area contributed by atoms with Crippen LogP contribution in [0.25, 0.3) is 0 Å². The minimum atomic E-state index is -4.15. The van der Waals surface area contributed by atoms with Gasteiger partial charge < -0.3 is 5.73 Å². The van der Waals surface area contributed by atoms with Crippen molar-refractivity contribution in [2.45, 2.75) is 24.9 Å². The number of amides is 1. The van der Waals surface area contributed by atoms with E-state index in [1.807, 2.05) is 12.1 Å².